The molecule has 0 aliphatic carbocycles. The molecule has 0 aliphatic rings. The lowest BCUT2D eigenvalue weighted by Crippen LogP contribution is -2.09. The lowest BCUT2D eigenvalue weighted by molar-refractivity contribution is 0.0696. The second kappa shape index (κ2) is 6.18. The van der Waals surface area contributed by atoms with Crippen molar-refractivity contribution in [2.75, 3.05) is 5.32 Å². The number of pyridine rings is 1. The number of carbonyl (C=O) groups is 1. The van der Waals surface area contributed by atoms with E-state index in [4.69, 9.17) is 5.11 Å². The van der Waals surface area contributed by atoms with Gasteiger partial charge in [-0.1, -0.05) is 13.3 Å². The monoisotopic (exact) mass is 274 g/mol. The minimum absolute atomic E-state index is 0.255. The fraction of sp³-hybridized carbons (Fsp3) is 0.357. The van der Waals surface area contributed by atoms with Gasteiger partial charge >= 0.3 is 5.97 Å². The molecule has 2 N–H and O–H groups in total. The first-order valence-corrected chi connectivity index (χ1v) is 6.54. The Morgan fingerprint density at radius 1 is 1.45 bits per heavy atom. The van der Waals surface area contributed by atoms with Gasteiger partial charge in [-0.25, -0.2) is 14.8 Å². The molecular formula is C14H18N4O2. The number of carboxylic acid groups (broad SMARTS) is 1. The summed E-state index contributed by atoms with van der Waals surface area (Å²) in [5.41, 5.74) is 1.04. The Bertz CT molecular complexity index is 607. The van der Waals surface area contributed by atoms with E-state index in [0.717, 1.165) is 24.4 Å². The van der Waals surface area contributed by atoms with Crippen molar-refractivity contribution in [2.24, 2.45) is 7.05 Å². The average Bonchev–Trinajstić information content (AvgIpc) is 2.82. The number of nitrogens with zero attached hydrogens (tertiary/aromatic N) is 3. The van der Waals surface area contributed by atoms with Gasteiger partial charge in [-0.15, -0.1) is 0 Å². The van der Waals surface area contributed by atoms with Crippen LogP contribution in [0.5, 0.6) is 0 Å². The van der Waals surface area contributed by atoms with Crippen LogP contribution >= 0.6 is 0 Å². The van der Waals surface area contributed by atoms with E-state index in [9.17, 15) is 4.79 Å². The van der Waals surface area contributed by atoms with E-state index in [-0.39, 0.29) is 5.56 Å². The molecule has 2 heterocycles. The number of hydrogen-bond donors (Lipinski definition) is 2. The first-order chi connectivity index (χ1) is 9.60. The van der Waals surface area contributed by atoms with Crippen molar-refractivity contribution in [3.8, 4) is 0 Å². The average molecular weight is 274 g/mol. The molecule has 6 nitrogen and oxygen atoms in total. The Hall–Kier alpha value is -2.37. The van der Waals surface area contributed by atoms with E-state index in [2.05, 4.69) is 15.3 Å². The van der Waals surface area contributed by atoms with Crippen molar-refractivity contribution in [1.29, 1.82) is 0 Å². The molecule has 0 fully saturated rings. The largest absolute Gasteiger partial charge is 0.478 e. The van der Waals surface area contributed by atoms with Gasteiger partial charge in [0.05, 0.1) is 12.1 Å². The van der Waals surface area contributed by atoms with Gasteiger partial charge in [0, 0.05) is 25.1 Å². The SMILES string of the molecule is CCCc1cc(C(=O)O)cc(NCc2nccn2C)n1. The molecular weight excluding hydrogens is 256 g/mol. The lowest BCUT2D eigenvalue weighted by atomic mass is 10.1. The van der Waals surface area contributed by atoms with E-state index in [1.807, 2.05) is 24.7 Å². The molecule has 0 saturated heterocycles. The fourth-order valence-electron chi connectivity index (χ4n) is 1.92. The van der Waals surface area contributed by atoms with E-state index in [1.165, 1.54) is 0 Å². The zero-order valence-corrected chi connectivity index (χ0v) is 11.6. The Balaban J connectivity index is 2.17. The van der Waals surface area contributed by atoms with Crippen LogP contribution in [-0.2, 0) is 20.0 Å². The number of aromatic nitrogens is 3. The van der Waals surface area contributed by atoms with E-state index in [0.29, 0.717) is 12.4 Å². The minimum Gasteiger partial charge on any atom is -0.478 e. The highest BCUT2D eigenvalue weighted by Gasteiger charge is 2.09. The molecule has 2 aromatic heterocycles. The number of nitrogens with one attached hydrogen (secondary N) is 1. The summed E-state index contributed by atoms with van der Waals surface area (Å²) in [5.74, 6) is 0.491. The summed E-state index contributed by atoms with van der Waals surface area (Å²) in [7, 11) is 1.91. The van der Waals surface area contributed by atoms with E-state index >= 15 is 0 Å². The normalized spacial score (nSPS) is 10.5. The van der Waals surface area contributed by atoms with Crippen LogP contribution in [0.2, 0.25) is 0 Å². The summed E-state index contributed by atoms with van der Waals surface area (Å²) < 4.78 is 1.90. The summed E-state index contributed by atoms with van der Waals surface area (Å²) >= 11 is 0. The predicted octanol–water partition coefficient (Wildman–Crippen LogP) is 2.08. The maximum Gasteiger partial charge on any atom is 0.335 e. The molecule has 0 saturated carbocycles. The molecule has 2 rings (SSSR count). The van der Waals surface area contributed by atoms with Crippen molar-refractivity contribution in [3.63, 3.8) is 0 Å². The van der Waals surface area contributed by atoms with Gasteiger partial charge in [-0.3, -0.25) is 0 Å². The van der Waals surface area contributed by atoms with Gasteiger partial charge in [0.1, 0.15) is 11.6 Å². The number of rotatable bonds is 6. The van der Waals surface area contributed by atoms with Crippen molar-refractivity contribution in [2.45, 2.75) is 26.3 Å². The maximum atomic E-state index is 11.1. The topological polar surface area (TPSA) is 80.0 Å². The zero-order chi connectivity index (χ0) is 14.5. The van der Waals surface area contributed by atoms with Gasteiger partial charge in [0.15, 0.2) is 0 Å². The van der Waals surface area contributed by atoms with Crippen LogP contribution in [0.15, 0.2) is 24.5 Å². The van der Waals surface area contributed by atoms with Gasteiger partial charge < -0.3 is 15.0 Å². The third-order valence-corrected chi connectivity index (χ3v) is 2.98. The molecule has 0 aliphatic heterocycles. The van der Waals surface area contributed by atoms with E-state index < -0.39 is 5.97 Å². The molecule has 20 heavy (non-hydrogen) atoms. The maximum absolute atomic E-state index is 11.1. The minimum atomic E-state index is -0.940. The second-order valence-electron chi connectivity index (χ2n) is 4.60. The van der Waals surface area contributed by atoms with Gasteiger partial charge in [0.25, 0.3) is 0 Å². The van der Waals surface area contributed by atoms with Crippen molar-refractivity contribution >= 4 is 11.8 Å². The van der Waals surface area contributed by atoms with Crippen LogP contribution in [0.1, 0.15) is 35.2 Å². The predicted molar refractivity (Wildman–Crippen MR) is 75.7 cm³/mol. The Labute approximate surface area is 117 Å². The number of hydrogen-bond acceptors (Lipinski definition) is 4. The summed E-state index contributed by atoms with van der Waals surface area (Å²) in [6, 6.07) is 3.17. The molecule has 0 bridgehead atoms. The summed E-state index contributed by atoms with van der Waals surface area (Å²) in [5, 5.41) is 12.3. The van der Waals surface area contributed by atoms with Crippen molar-refractivity contribution < 1.29 is 9.90 Å². The smallest absolute Gasteiger partial charge is 0.335 e. The third-order valence-electron chi connectivity index (χ3n) is 2.98. The van der Waals surface area contributed by atoms with Crippen LogP contribution < -0.4 is 5.32 Å². The molecule has 2 aromatic rings. The van der Waals surface area contributed by atoms with Crippen LogP contribution in [0.25, 0.3) is 0 Å². The molecule has 0 unspecified atom stereocenters. The molecule has 0 spiro atoms. The highest BCUT2D eigenvalue weighted by Crippen LogP contribution is 2.13. The zero-order valence-electron chi connectivity index (χ0n) is 11.6. The van der Waals surface area contributed by atoms with Crippen LogP contribution in [0.3, 0.4) is 0 Å². The van der Waals surface area contributed by atoms with Gasteiger partial charge in [0.2, 0.25) is 0 Å². The van der Waals surface area contributed by atoms with Gasteiger partial charge in [-0.2, -0.15) is 0 Å². The lowest BCUT2D eigenvalue weighted by Gasteiger charge is -2.09. The quantitative estimate of drug-likeness (QED) is 0.843. The summed E-state index contributed by atoms with van der Waals surface area (Å²) in [6.07, 6.45) is 5.27. The number of carboxylic acids is 1. The van der Waals surface area contributed by atoms with Crippen molar-refractivity contribution in [3.05, 3.63) is 41.6 Å². The Morgan fingerprint density at radius 2 is 2.25 bits per heavy atom. The number of aryl methyl sites for hydroxylation is 2. The Kier molecular flexibility index (Phi) is 4.34. The summed E-state index contributed by atoms with van der Waals surface area (Å²) in [6.45, 7) is 2.54. The van der Waals surface area contributed by atoms with Crippen LogP contribution in [-0.4, -0.2) is 25.6 Å². The molecule has 106 valence electrons. The highest BCUT2D eigenvalue weighted by atomic mass is 16.4. The van der Waals surface area contributed by atoms with Gasteiger partial charge in [-0.05, 0) is 18.6 Å². The first kappa shape index (κ1) is 14.0. The first-order valence-electron chi connectivity index (χ1n) is 6.54. The molecule has 0 radical (unpaired) electrons. The number of aromatic carboxylic acids is 1. The number of imidazole rings is 1. The highest BCUT2D eigenvalue weighted by molar-refractivity contribution is 5.88. The van der Waals surface area contributed by atoms with Crippen LogP contribution in [0.4, 0.5) is 5.82 Å². The molecule has 6 heteroatoms. The van der Waals surface area contributed by atoms with Crippen LogP contribution in [0, 0.1) is 0 Å². The standard InChI is InChI=1S/C14H18N4O2/c1-3-4-11-7-10(14(19)20)8-12(17-11)16-9-13-15-5-6-18(13)2/h5-8H,3-4,9H2,1-2H3,(H,16,17)(H,19,20). The second-order valence-corrected chi connectivity index (χ2v) is 4.60. The molecule has 0 aromatic carbocycles. The summed E-state index contributed by atoms with van der Waals surface area (Å²) in [4.78, 5) is 19.8. The molecule has 0 atom stereocenters. The fourth-order valence-corrected chi connectivity index (χ4v) is 1.92. The third kappa shape index (κ3) is 3.34. The number of anilines is 1. The van der Waals surface area contributed by atoms with E-state index in [1.54, 1.807) is 18.3 Å². The molecule has 0 amide bonds. The Morgan fingerprint density at radius 3 is 2.85 bits per heavy atom. The van der Waals surface area contributed by atoms with Crippen molar-refractivity contribution in [1.82, 2.24) is 14.5 Å².